The molecule has 20 heavy (non-hydrogen) atoms. The van der Waals surface area contributed by atoms with E-state index in [9.17, 15) is 5.11 Å². The summed E-state index contributed by atoms with van der Waals surface area (Å²) in [6, 6.07) is 11.9. The van der Waals surface area contributed by atoms with E-state index in [2.05, 4.69) is 10.2 Å². The van der Waals surface area contributed by atoms with Crippen LogP contribution in [0.3, 0.4) is 0 Å². The molecule has 0 saturated heterocycles. The topological polar surface area (TPSA) is 61.4 Å². The minimum atomic E-state index is -0.494. The van der Waals surface area contributed by atoms with Gasteiger partial charge in [0.05, 0.1) is 19.3 Å². The van der Waals surface area contributed by atoms with Crippen LogP contribution in [0.1, 0.15) is 11.3 Å². The highest BCUT2D eigenvalue weighted by Gasteiger charge is 2.09. The fourth-order valence-electron chi connectivity index (χ4n) is 2.03. The lowest BCUT2D eigenvalue weighted by molar-refractivity contribution is 0.0125. The molecule has 0 bridgehead atoms. The molecule has 1 heterocycles. The van der Waals surface area contributed by atoms with E-state index < -0.39 is 6.10 Å². The highest BCUT2D eigenvalue weighted by Crippen LogP contribution is 2.03. The molecular formula is C15H21N3O2. The molecule has 0 saturated carbocycles. The van der Waals surface area contributed by atoms with Crippen LogP contribution < -0.4 is 0 Å². The van der Waals surface area contributed by atoms with Gasteiger partial charge in [-0.1, -0.05) is 30.3 Å². The van der Waals surface area contributed by atoms with Crippen LogP contribution in [-0.4, -0.2) is 46.5 Å². The number of ether oxygens (including phenoxy) is 1. The summed E-state index contributed by atoms with van der Waals surface area (Å²) < 4.78 is 5.52. The predicted molar refractivity (Wildman–Crippen MR) is 77.0 cm³/mol. The van der Waals surface area contributed by atoms with E-state index in [1.807, 2.05) is 48.3 Å². The van der Waals surface area contributed by atoms with Gasteiger partial charge in [0.1, 0.15) is 0 Å². The second-order valence-corrected chi connectivity index (χ2v) is 4.93. The van der Waals surface area contributed by atoms with Gasteiger partial charge >= 0.3 is 0 Å². The number of nitrogens with zero attached hydrogens (tertiary/aromatic N) is 2. The quantitative estimate of drug-likeness (QED) is 0.765. The molecule has 0 spiro atoms. The van der Waals surface area contributed by atoms with Gasteiger partial charge in [0.2, 0.25) is 0 Å². The summed E-state index contributed by atoms with van der Waals surface area (Å²) in [7, 11) is 1.96. The first-order valence-corrected chi connectivity index (χ1v) is 6.70. The van der Waals surface area contributed by atoms with E-state index >= 15 is 0 Å². The fourth-order valence-corrected chi connectivity index (χ4v) is 2.03. The Morgan fingerprint density at radius 3 is 2.80 bits per heavy atom. The van der Waals surface area contributed by atoms with Gasteiger partial charge in [-0.3, -0.25) is 10.00 Å². The summed E-state index contributed by atoms with van der Waals surface area (Å²) in [5, 5.41) is 16.7. The Hall–Kier alpha value is -1.69. The molecule has 0 fully saturated rings. The number of H-pyrrole nitrogens is 1. The Kier molecular flexibility index (Phi) is 5.73. The fraction of sp³-hybridized carbons (Fsp3) is 0.400. The third kappa shape index (κ3) is 5.13. The molecule has 1 unspecified atom stereocenters. The Morgan fingerprint density at radius 1 is 1.30 bits per heavy atom. The van der Waals surface area contributed by atoms with E-state index in [1.54, 1.807) is 6.20 Å². The largest absolute Gasteiger partial charge is 0.389 e. The van der Waals surface area contributed by atoms with Gasteiger partial charge < -0.3 is 9.84 Å². The minimum Gasteiger partial charge on any atom is -0.389 e. The maximum absolute atomic E-state index is 9.93. The molecule has 2 rings (SSSR count). The highest BCUT2D eigenvalue weighted by atomic mass is 16.5. The van der Waals surface area contributed by atoms with Crippen molar-refractivity contribution in [1.29, 1.82) is 0 Å². The second-order valence-electron chi connectivity index (χ2n) is 4.93. The first-order valence-electron chi connectivity index (χ1n) is 6.70. The smallest absolute Gasteiger partial charge is 0.0900 e. The molecule has 0 amide bonds. The van der Waals surface area contributed by atoms with E-state index in [-0.39, 0.29) is 0 Å². The third-order valence-electron chi connectivity index (χ3n) is 2.94. The number of hydrogen-bond donors (Lipinski definition) is 2. The van der Waals surface area contributed by atoms with Crippen LogP contribution in [0.15, 0.2) is 42.6 Å². The molecule has 2 aromatic rings. The first kappa shape index (κ1) is 14.7. The number of rotatable bonds is 8. The molecule has 1 aromatic heterocycles. The summed E-state index contributed by atoms with van der Waals surface area (Å²) in [6.07, 6.45) is 1.23. The molecule has 1 aromatic carbocycles. The Labute approximate surface area is 119 Å². The van der Waals surface area contributed by atoms with Crippen LogP contribution >= 0.6 is 0 Å². The van der Waals surface area contributed by atoms with Crippen molar-refractivity contribution >= 4 is 0 Å². The SMILES string of the molecule is CN(Cc1ccn[nH]1)CC(O)COCc1ccccc1. The first-order chi connectivity index (χ1) is 9.74. The number of aliphatic hydroxyl groups is 1. The summed E-state index contributed by atoms with van der Waals surface area (Å²) in [5.41, 5.74) is 2.15. The number of aromatic amines is 1. The zero-order valence-corrected chi connectivity index (χ0v) is 11.7. The van der Waals surface area contributed by atoms with Crippen molar-refractivity contribution in [1.82, 2.24) is 15.1 Å². The molecule has 5 heteroatoms. The molecule has 2 N–H and O–H groups in total. The third-order valence-corrected chi connectivity index (χ3v) is 2.94. The van der Waals surface area contributed by atoms with Crippen molar-refractivity contribution in [3.8, 4) is 0 Å². The van der Waals surface area contributed by atoms with Gasteiger partial charge in [-0.15, -0.1) is 0 Å². The number of likely N-dealkylation sites (N-methyl/N-ethyl adjacent to an activating group) is 1. The number of benzene rings is 1. The van der Waals surface area contributed by atoms with Crippen LogP contribution in [0.25, 0.3) is 0 Å². The maximum Gasteiger partial charge on any atom is 0.0900 e. The summed E-state index contributed by atoms with van der Waals surface area (Å²) in [5.74, 6) is 0. The van der Waals surface area contributed by atoms with Gasteiger partial charge in [-0.25, -0.2) is 0 Å². The van der Waals surface area contributed by atoms with Gasteiger partial charge in [0.15, 0.2) is 0 Å². The highest BCUT2D eigenvalue weighted by molar-refractivity contribution is 5.13. The van der Waals surface area contributed by atoms with Crippen molar-refractivity contribution in [2.24, 2.45) is 0 Å². The Morgan fingerprint density at radius 2 is 2.10 bits per heavy atom. The van der Waals surface area contributed by atoms with Crippen LogP contribution in [0.2, 0.25) is 0 Å². The van der Waals surface area contributed by atoms with Crippen LogP contribution in [0, 0.1) is 0 Å². The van der Waals surface area contributed by atoms with E-state index in [0.717, 1.165) is 17.8 Å². The molecule has 0 aliphatic heterocycles. The second kappa shape index (κ2) is 7.79. The van der Waals surface area contributed by atoms with Gasteiger partial charge in [-0.05, 0) is 18.7 Å². The van der Waals surface area contributed by atoms with E-state index in [1.165, 1.54) is 0 Å². The van der Waals surface area contributed by atoms with Gasteiger partial charge in [0, 0.05) is 25.0 Å². The van der Waals surface area contributed by atoms with Crippen molar-refractivity contribution in [2.75, 3.05) is 20.2 Å². The molecule has 108 valence electrons. The van der Waals surface area contributed by atoms with Crippen molar-refractivity contribution in [3.05, 3.63) is 53.9 Å². The van der Waals surface area contributed by atoms with Gasteiger partial charge in [0.25, 0.3) is 0 Å². The normalized spacial score (nSPS) is 12.8. The van der Waals surface area contributed by atoms with E-state index in [0.29, 0.717) is 19.8 Å². The average Bonchev–Trinajstić information content (AvgIpc) is 2.92. The predicted octanol–water partition coefficient (Wildman–Crippen LogP) is 1.42. The molecular weight excluding hydrogens is 254 g/mol. The number of aromatic nitrogens is 2. The molecule has 5 nitrogen and oxygen atoms in total. The minimum absolute atomic E-state index is 0.336. The average molecular weight is 275 g/mol. The molecule has 0 aliphatic rings. The number of aliphatic hydroxyl groups excluding tert-OH is 1. The lowest BCUT2D eigenvalue weighted by Gasteiger charge is -2.19. The molecule has 1 atom stereocenters. The van der Waals surface area contributed by atoms with Crippen LogP contribution in [0.5, 0.6) is 0 Å². The lowest BCUT2D eigenvalue weighted by Crippen LogP contribution is -2.32. The summed E-state index contributed by atoms with van der Waals surface area (Å²) >= 11 is 0. The monoisotopic (exact) mass is 275 g/mol. The van der Waals surface area contributed by atoms with Crippen molar-refractivity contribution < 1.29 is 9.84 Å². The van der Waals surface area contributed by atoms with Gasteiger partial charge in [-0.2, -0.15) is 5.10 Å². The maximum atomic E-state index is 9.93. The van der Waals surface area contributed by atoms with E-state index in [4.69, 9.17) is 4.74 Å². The number of hydrogen-bond acceptors (Lipinski definition) is 4. The Balaban J connectivity index is 1.63. The zero-order valence-electron chi connectivity index (χ0n) is 11.7. The zero-order chi connectivity index (χ0) is 14.2. The number of nitrogens with one attached hydrogen (secondary N) is 1. The lowest BCUT2D eigenvalue weighted by atomic mass is 10.2. The van der Waals surface area contributed by atoms with Crippen molar-refractivity contribution in [2.45, 2.75) is 19.3 Å². The molecule has 0 aliphatic carbocycles. The standard InChI is InChI=1S/C15H21N3O2/c1-18(9-14-7-8-16-17-14)10-15(19)12-20-11-13-5-3-2-4-6-13/h2-8,15,19H,9-12H2,1H3,(H,16,17). The summed E-state index contributed by atoms with van der Waals surface area (Å²) in [6.45, 7) is 2.16. The summed E-state index contributed by atoms with van der Waals surface area (Å²) in [4.78, 5) is 2.03. The Bertz CT molecular complexity index is 473. The van der Waals surface area contributed by atoms with Crippen LogP contribution in [0.4, 0.5) is 0 Å². The molecule has 0 radical (unpaired) electrons. The van der Waals surface area contributed by atoms with Crippen LogP contribution in [-0.2, 0) is 17.9 Å². The van der Waals surface area contributed by atoms with Crippen molar-refractivity contribution in [3.63, 3.8) is 0 Å².